The summed E-state index contributed by atoms with van der Waals surface area (Å²) in [7, 11) is 0. The van der Waals surface area contributed by atoms with E-state index < -0.39 is 0 Å². The highest BCUT2D eigenvalue weighted by Gasteiger charge is 2.05. The van der Waals surface area contributed by atoms with Gasteiger partial charge in [0.1, 0.15) is 11.8 Å². The molecule has 0 saturated carbocycles. The van der Waals surface area contributed by atoms with Gasteiger partial charge in [0.05, 0.1) is 17.0 Å². The van der Waals surface area contributed by atoms with Gasteiger partial charge in [0.2, 0.25) is 0 Å². The van der Waals surface area contributed by atoms with Gasteiger partial charge in [-0.25, -0.2) is 19.9 Å². The first-order valence-corrected chi connectivity index (χ1v) is 8.57. The molecular formula is C17H16N6S. The summed E-state index contributed by atoms with van der Waals surface area (Å²) in [6.07, 6.45) is 4.07. The summed E-state index contributed by atoms with van der Waals surface area (Å²) in [4.78, 5) is 20.1. The molecule has 24 heavy (non-hydrogen) atoms. The fourth-order valence-electron chi connectivity index (χ4n) is 2.56. The van der Waals surface area contributed by atoms with Crippen molar-refractivity contribution in [3.63, 3.8) is 0 Å². The summed E-state index contributed by atoms with van der Waals surface area (Å²) in [6.45, 7) is 2.82. The van der Waals surface area contributed by atoms with E-state index >= 15 is 0 Å². The summed E-state index contributed by atoms with van der Waals surface area (Å²) in [5, 5.41) is 6.52. The fourth-order valence-corrected chi connectivity index (χ4v) is 3.18. The zero-order chi connectivity index (χ0) is 16.4. The molecule has 4 rings (SSSR count). The highest BCUT2D eigenvalue weighted by Crippen LogP contribution is 2.22. The normalized spacial score (nSPS) is 11.0. The van der Waals surface area contributed by atoms with E-state index in [4.69, 9.17) is 0 Å². The van der Waals surface area contributed by atoms with Crippen LogP contribution < -0.4 is 5.32 Å². The molecular weight excluding hydrogens is 320 g/mol. The third-order valence-electron chi connectivity index (χ3n) is 3.80. The molecule has 0 atom stereocenters. The van der Waals surface area contributed by atoms with Crippen LogP contribution in [0.3, 0.4) is 0 Å². The summed E-state index contributed by atoms with van der Waals surface area (Å²) >= 11 is 1.68. The molecule has 0 aliphatic heterocycles. The van der Waals surface area contributed by atoms with Crippen molar-refractivity contribution in [2.24, 2.45) is 0 Å². The number of nitrogens with zero attached hydrogens (tertiary/aromatic N) is 4. The molecule has 4 aromatic rings. The number of imidazole rings is 1. The van der Waals surface area contributed by atoms with Crippen molar-refractivity contribution in [3.8, 4) is 11.3 Å². The predicted octanol–water partition coefficient (Wildman–Crippen LogP) is 3.44. The molecule has 120 valence electrons. The van der Waals surface area contributed by atoms with Gasteiger partial charge in [-0.1, -0.05) is 24.3 Å². The van der Waals surface area contributed by atoms with E-state index in [-0.39, 0.29) is 0 Å². The SMILES string of the molecule is Cc1nc(-c2ccc(CCNc3ncnc4nc[nH]c34)cc2)cs1. The van der Waals surface area contributed by atoms with Gasteiger partial charge in [0.25, 0.3) is 0 Å². The lowest BCUT2D eigenvalue weighted by atomic mass is 10.1. The van der Waals surface area contributed by atoms with Gasteiger partial charge in [-0.15, -0.1) is 11.3 Å². The third kappa shape index (κ3) is 2.98. The van der Waals surface area contributed by atoms with Gasteiger partial charge >= 0.3 is 0 Å². The number of aromatic amines is 1. The van der Waals surface area contributed by atoms with Crippen molar-refractivity contribution in [3.05, 3.63) is 52.9 Å². The van der Waals surface area contributed by atoms with Crippen molar-refractivity contribution >= 4 is 28.3 Å². The van der Waals surface area contributed by atoms with Crippen LogP contribution in [0.15, 0.2) is 42.3 Å². The average molecular weight is 336 g/mol. The smallest absolute Gasteiger partial charge is 0.182 e. The quantitative estimate of drug-likeness (QED) is 0.583. The Morgan fingerprint density at radius 1 is 1.12 bits per heavy atom. The first-order valence-electron chi connectivity index (χ1n) is 7.69. The Kier molecular flexibility index (Phi) is 3.92. The molecule has 0 saturated heterocycles. The Balaban J connectivity index is 1.40. The summed E-state index contributed by atoms with van der Waals surface area (Å²) in [6, 6.07) is 8.55. The zero-order valence-corrected chi connectivity index (χ0v) is 14.0. The van der Waals surface area contributed by atoms with Gasteiger partial charge in [0, 0.05) is 17.5 Å². The lowest BCUT2D eigenvalue weighted by Crippen LogP contribution is -2.07. The van der Waals surface area contributed by atoms with Gasteiger partial charge in [0.15, 0.2) is 11.5 Å². The Bertz CT molecular complexity index is 957. The maximum atomic E-state index is 4.52. The monoisotopic (exact) mass is 336 g/mol. The van der Waals surface area contributed by atoms with E-state index in [0.29, 0.717) is 5.65 Å². The van der Waals surface area contributed by atoms with Crippen LogP contribution in [0.2, 0.25) is 0 Å². The van der Waals surface area contributed by atoms with E-state index in [0.717, 1.165) is 40.6 Å². The fraction of sp³-hybridized carbons (Fsp3) is 0.176. The van der Waals surface area contributed by atoms with Crippen molar-refractivity contribution in [1.29, 1.82) is 0 Å². The minimum absolute atomic E-state index is 0.676. The number of benzene rings is 1. The van der Waals surface area contributed by atoms with Crippen LogP contribution in [0.25, 0.3) is 22.4 Å². The number of hydrogen-bond donors (Lipinski definition) is 2. The second kappa shape index (κ2) is 6.37. The number of H-pyrrole nitrogens is 1. The van der Waals surface area contributed by atoms with Crippen LogP contribution >= 0.6 is 11.3 Å². The Hall–Kier alpha value is -2.80. The average Bonchev–Trinajstić information content (AvgIpc) is 3.25. The zero-order valence-electron chi connectivity index (χ0n) is 13.2. The van der Waals surface area contributed by atoms with Gasteiger partial charge in [-0.2, -0.15) is 0 Å². The molecule has 1 aromatic carbocycles. The highest BCUT2D eigenvalue weighted by molar-refractivity contribution is 7.09. The molecule has 0 unspecified atom stereocenters. The number of thiazole rings is 1. The second-order valence-corrected chi connectivity index (χ2v) is 6.51. The van der Waals surface area contributed by atoms with Gasteiger partial charge < -0.3 is 10.3 Å². The van der Waals surface area contributed by atoms with Crippen molar-refractivity contribution in [1.82, 2.24) is 24.9 Å². The number of anilines is 1. The lowest BCUT2D eigenvalue weighted by molar-refractivity contribution is 1.00. The number of rotatable bonds is 5. The van der Waals surface area contributed by atoms with Crippen molar-refractivity contribution < 1.29 is 0 Å². The first-order chi connectivity index (χ1) is 11.8. The molecule has 2 N–H and O–H groups in total. The van der Waals surface area contributed by atoms with E-state index in [2.05, 4.69) is 59.9 Å². The third-order valence-corrected chi connectivity index (χ3v) is 4.57. The van der Waals surface area contributed by atoms with E-state index in [1.165, 1.54) is 11.9 Å². The standard InChI is InChI=1S/C17H16N6S/c1-11-23-14(8-24-11)13-4-2-12(3-5-13)6-7-18-16-15-17(20-9-19-15)22-10-21-16/h2-5,8-10H,6-7H2,1H3,(H2,18,19,20,21,22). The Morgan fingerprint density at radius 2 is 2.00 bits per heavy atom. The van der Waals surface area contributed by atoms with E-state index in [1.54, 1.807) is 17.7 Å². The maximum Gasteiger partial charge on any atom is 0.182 e. The van der Waals surface area contributed by atoms with E-state index in [9.17, 15) is 0 Å². The molecule has 6 nitrogen and oxygen atoms in total. The van der Waals surface area contributed by atoms with Gasteiger partial charge in [-0.05, 0) is 18.9 Å². The summed E-state index contributed by atoms with van der Waals surface area (Å²) < 4.78 is 0. The lowest BCUT2D eigenvalue weighted by Gasteiger charge is -2.06. The molecule has 3 heterocycles. The maximum absolute atomic E-state index is 4.52. The number of hydrogen-bond acceptors (Lipinski definition) is 6. The second-order valence-electron chi connectivity index (χ2n) is 5.45. The number of aromatic nitrogens is 5. The van der Waals surface area contributed by atoms with Crippen LogP contribution in [-0.2, 0) is 6.42 Å². The first kappa shape index (κ1) is 14.8. The Labute approximate surface area is 143 Å². The molecule has 0 bridgehead atoms. The summed E-state index contributed by atoms with van der Waals surface area (Å²) in [5.74, 6) is 0.784. The number of nitrogens with one attached hydrogen (secondary N) is 2. The molecule has 0 radical (unpaired) electrons. The molecule has 0 spiro atoms. The predicted molar refractivity (Wildman–Crippen MR) is 96.2 cm³/mol. The minimum Gasteiger partial charge on any atom is -0.368 e. The largest absolute Gasteiger partial charge is 0.368 e. The van der Waals surface area contributed by atoms with Crippen LogP contribution in [0, 0.1) is 6.92 Å². The number of aryl methyl sites for hydroxylation is 1. The van der Waals surface area contributed by atoms with Crippen molar-refractivity contribution in [2.45, 2.75) is 13.3 Å². The number of fused-ring (bicyclic) bond motifs is 1. The summed E-state index contributed by atoms with van der Waals surface area (Å²) in [5.41, 5.74) is 4.99. The molecule has 0 fully saturated rings. The van der Waals surface area contributed by atoms with E-state index in [1.807, 2.05) is 6.92 Å². The molecule has 0 aliphatic rings. The van der Waals surface area contributed by atoms with Crippen LogP contribution in [0.1, 0.15) is 10.6 Å². The Morgan fingerprint density at radius 3 is 2.79 bits per heavy atom. The van der Waals surface area contributed by atoms with Crippen LogP contribution in [0.5, 0.6) is 0 Å². The molecule has 0 amide bonds. The van der Waals surface area contributed by atoms with Gasteiger partial charge in [-0.3, -0.25) is 0 Å². The topological polar surface area (TPSA) is 79.4 Å². The minimum atomic E-state index is 0.676. The molecule has 0 aliphatic carbocycles. The van der Waals surface area contributed by atoms with Crippen LogP contribution in [0.4, 0.5) is 5.82 Å². The molecule has 3 aromatic heterocycles. The molecule has 7 heteroatoms. The van der Waals surface area contributed by atoms with Crippen molar-refractivity contribution in [2.75, 3.05) is 11.9 Å². The van der Waals surface area contributed by atoms with Crippen LogP contribution in [-0.4, -0.2) is 31.5 Å². The highest BCUT2D eigenvalue weighted by atomic mass is 32.1.